The molecule has 6 heteroatoms. The summed E-state index contributed by atoms with van der Waals surface area (Å²) in [5.41, 5.74) is 7.37. The van der Waals surface area contributed by atoms with Gasteiger partial charge in [-0.1, -0.05) is 33.6 Å². The molecule has 2 aliphatic carbocycles. The second kappa shape index (κ2) is 6.16. The van der Waals surface area contributed by atoms with E-state index in [9.17, 15) is 9.59 Å². The van der Waals surface area contributed by atoms with E-state index in [1.807, 2.05) is 4.90 Å². The Hall–Kier alpha value is -1.69. The van der Waals surface area contributed by atoms with Gasteiger partial charge in [-0.25, -0.2) is 4.98 Å². The summed E-state index contributed by atoms with van der Waals surface area (Å²) in [6, 6.07) is 0. The highest BCUT2D eigenvalue weighted by molar-refractivity contribution is 5.86. The normalized spacial score (nSPS) is 23.6. The summed E-state index contributed by atoms with van der Waals surface area (Å²) >= 11 is 0. The number of hydrogen-bond acceptors (Lipinski definition) is 4. The molecule has 0 aromatic carbocycles. The van der Waals surface area contributed by atoms with Gasteiger partial charge in [-0.15, -0.1) is 0 Å². The molecule has 4 rings (SSSR count). The third-order valence-electron chi connectivity index (χ3n) is 7.01. The molecule has 1 saturated carbocycles. The number of rotatable bonds is 1. The molecule has 2 fully saturated rings. The van der Waals surface area contributed by atoms with Crippen molar-refractivity contribution in [2.45, 2.75) is 88.5 Å². The van der Waals surface area contributed by atoms with Crippen molar-refractivity contribution in [1.82, 2.24) is 14.9 Å². The molecular formula is C21H32N4O2. The fraction of sp³-hybridized carbons (Fsp3) is 0.762. The van der Waals surface area contributed by atoms with Crippen LogP contribution in [0.3, 0.4) is 0 Å². The first-order valence-electron chi connectivity index (χ1n) is 10.4. The number of piperidine rings is 1. The molecule has 1 aromatic heterocycles. The lowest BCUT2D eigenvalue weighted by atomic mass is 9.75. The zero-order valence-corrected chi connectivity index (χ0v) is 16.9. The Balaban J connectivity index is 1.58. The molecule has 1 aliphatic heterocycles. The number of amides is 1. The molecule has 1 amide bonds. The highest BCUT2D eigenvalue weighted by atomic mass is 16.2. The number of H-pyrrole nitrogens is 1. The Bertz CT molecular complexity index is 806. The van der Waals surface area contributed by atoms with Gasteiger partial charge in [0.2, 0.25) is 5.91 Å². The van der Waals surface area contributed by atoms with E-state index < -0.39 is 5.54 Å². The average Bonchev–Trinajstić information content (AvgIpc) is 3.21. The van der Waals surface area contributed by atoms with Gasteiger partial charge in [-0.3, -0.25) is 9.59 Å². The van der Waals surface area contributed by atoms with Crippen LogP contribution in [-0.2, 0) is 22.0 Å². The van der Waals surface area contributed by atoms with Crippen LogP contribution in [0.1, 0.15) is 82.8 Å². The van der Waals surface area contributed by atoms with E-state index in [0.29, 0.717) is 0 Å². The number of hydrogen-bond donors (Lipinski definition) is 2. The van der Waals surface area contributed by atoms with Crippen LogP contribution >= 0.6 is 0 Å². The number of nitrogens with zero attached hydrogens (tertiary/aromatic N) is 2. The largest absolute Gasteiger partial charge is 0.341 e. The molecular weight excluding hydrogens is 340 g/mol. The summed E-state index contributed by atoms with van der Waals surface area (Å²) in [6.07, 6.45) is 7.22. The van der Waals surface area contributed by atoms with Crippen LogP contribution in [0.4, 0.5) is 0 Å². The number of nitrogens with one attached hydrogen (secondary N) is 1. The number of aromatic amines is 1. The van der Waals surface area contributed by atoms with Crippen molar-refractivity contribution >= 4 is 5.91 Å². The van der Waals surface area contributed by atoms with Crippen molar-refractivity contribution in [3.63, 3.8) is 0 Å². The van der Waals surface area contributed by atoms with Crippen LogP contribution in [0, 0.1) is 0 Å². The topological polar surface area (TPSA) is 92.1 Å². The molecule has 27 heavy (non-hydrogen) atoms. The minimum Gasteiger partial charge on any atom is -0.341 e. The molecule has 2 heterocycles. The number of nitrogens with two attached hydrogens (primary N) is 1. The molecule has 148 valence electrons. The molecule has 3 aliphatic rings. The lowest BCUT2D eigenvalue weighted by Crippen LogP contribution is -2.56. The van der Waals surface area contributed by atoms with E-state index in [4.69, 9.17) is 10.7 Å². The maximum absolute atomic E-state index is 12.9. The SMILES string of the molecule is CC(C)(C)c1nc2c(c(=O)[nH]1)CCC21CCN(C(=O)C2(N)CCCC2)CC1. The van der Waals surface area contributed by atoms with Gasteiger partial charge in [0, 0.05) is 29.5 Å². The fourth-order valence-electron chi connectivity index (χ4n) is 5.17. The molecule has 1 aromatic rings. The van der Waals surface area contributed by atoms with Crippen LogP contribution < -0.4 is 11.3 Å². The van der Waals surface area contributed by atoms with Gasteiger partial charge < -0.3 is 15.6 Å². The van der Waals surface area contributed by atoms with Crippen molar-refractivity contribution < 1.29 is 4.79 Å². The van der Waals surface area contributed by atoms with Crippen LogP contribution in [-0.4, -0.2) is 39.4 Å². The third-order valence-corrected chi connectivity index (χ3v) is 7.01. The Morgan fingerprint density at radius 3 is 2.33 bits per heavy atom. The predicted molar refractivity (Wildman–Crippen MR) is 105 cm³/mol. The Morgan fingerprint density at radius 1 is 1.11 bits per heavy atom. The lowest BCUT2D eigenvalue weighted by molar-refractivity contribution is -0.138. The van der Waals surface area contributed by atoms with Gasteiger partial charge in [0.15, 0.2) is 0 Å². The van der Waals surface area contributed by atoms with E-state index in [1.165, 1.54) is 0 Å². The summed E-state index contributed by atoms with van der Waals surface area (Å²) in [7, 11) is 0. The van der Waals surface area contributed by atoms with Crippen LogP contribution in [0.25, 0.3) is 0 Å². The molecule has 0 radical (unpaired) electrons. The van der Waals surface area contributed by atoms with Crippen molar-refractivity contribution in [1.29, 1.82) is 0 Å². The van der Waals surface area contributed by atoms with Gasteiger partial charge in [0.25, 0.3) is 5.56 Å². The van der Waals surface area contributed by atoms with Gasteiger partial charge in [0.05, 0.1) is 11.2 Å². The first kappa shape index (κ1) is 18.7. The summed E-state index contributed by atoms with van der Waals surface area (Å²) < 4.78 is 0. The van der Waals surface area contributed by atoms with Crippen LogP contribution in [0.2, 0.25) is 0 Å². The summed E-state index contributed by atoms with van der Waals surface area (Å²) in [4.78, 5) is 35.5. The number of aromatic nitrogens is 2. The molecule has 1 spiro atoms. The lowest BCUT2D eigenvalue weighted by Gasteiger charge is -2.42. The summed E-state index contributed by atoms with van der Waals surface area (Å²) in [5.74, 6) is 0.889. The summed E-state index contributed by atoms with van der Waals surface area (Å²) in [6.45, 7) is 7.65. The van der Waals surface area contributed by atoms with Gasteiger partial charge in [-0.05, 0) is 38.5 Å². The van der Waals surface area contributed by atoms with E-state index in [2.05, 4.69) is 25.8 Å². The Labute approximate surface area is 160 Å². The van der Waals surface area contributed by atoms with Crippen molar-refractivity contribution in [3.8, 4) is 0 Å². The maximum Gasteiger partial charge on any atom is 0.254 e. The maximum atomic E-state index is 12.9. The van der Waals surface area contributed by atoms with Crippen molar-refractivity contribution in [2.75, 3.05) is 13.1 Å². The second-order valence-electron chi connectivity index (χ2n) is 9.93. The predicted octanol–water partition coefficient (Wildman–Crippen LogP) is 2.15. The molecule has 0 atom stereocenters. The zero-order chi connectivity index (χ0) is 19.4. The first-order chi connectivity index (χ1) is 12.6. The fourth-order valence-corrected chi connectivity index (χ4v) is 5.17. The molecule has 6 nitrogen and oxygen atoms in total. The number of likely N-dealkylation sites (tertiary alicyclic amines) is 1. The monoisotopic (exact) mass is 372 g/mol. The molecule has 0 bridgehead atoms. The van der Waals surface area contributed by atoms with Crippen LogP contribution in [0.5, 0.6) is 0 Å². The highest BCUT2D eigenvalue weighted by Gasteiger charge is 2.47. The smallest absolute Gasteiger partial charge is 0.254 e. The average molecular weight is 373 g/mol. The van der Waals surface area contributed by atoms with Gasteiger partial charge >= 0.3 is 0 Å². The standard InChI is InChI=1S/C21H32N4O2/c1-19(2,3)17-23-15-14(16(26)24-17)6-9-20(15)10-12-25(13-11-20)18(27)21(22)7-4-5-8-21/h4-13,22H2,1-3H3,(H,23,24,26). The third kappa shape index (κ3) is 3.02. The van der Waals surface area contributed by atoms with E-state index in [-0.39, 0.29) is 22.3 Å². The molecule has 3 N–H and O–H groups in total. The molecule has 1 saturated heterocycles. The minimum absolute atomic E-state index is 0.0205. The van der Waals surface area contributed by atoms with Crippen LogP contribution in [0.15, 0.2) is 4.79 Å². The van der Waals surface area contributed by atoms with Gasteiger partial charge in [-0.2, -0.15) is 0 Å². The highest BCUT2D eigenvalue weighted by Crippen LogP contribution is 2.45. The Morgan fingerprint density at radius 2 is 1.74 bits per heavy atom. The molecule has 0 unspecified atom stereocenters. The first-order valence-corrected chi connectivity index (χ1v) is 10.4. The van der Waals surface area contributed by atoms with E-state index in [1.54, 1.807) is 0 Å². The minimum atomic E-state index is -0.646. The quantitative estimate of drug-likeness (QED) is 0.790. The van der Waals surface area contributed by atoms with E-state index in [0.717, 1.165) is 81.5 Å². The number of fused-ring (bicyclic) bond motifs is 2. The zero-order valence-electron chi connectivity index (χ0n) is 16.9. The van der Waals surface area contributed by atoms with Gasteiger partial charge in [0.1, 0.15) is 5.82 Å². The summed E-state index contributed by atoms with van der Waals surface area (Å²) in [5, 5.41) is 0. The number of carbonyl (C=O) groups excluding carboxylic acids is 1. The Kier molecular flexibility index (Phi) is 4.26. The number of carbonyl (C=O) groups is 1. The van der Waals surface area contributed by atoms with E-state index >= 15 is 0 Å². The second-order valence-corrected chi connectivity index (χ2v) is 9.93. The van der Waals surface area contributed by atoms with Crippen molar-refractivity contribution in [2.24, 2.45) is 5.73 Å². The van der Waals surface area contributed by atoms with Crippen molar-refractivity contribution in [3.05, 3.63) is 27.4 Å².